The van der Waals surface area contributed by atoms with Gasteiger partial charge >= 0.3 is 0 Å². The van der Waals surface area contributed by atoms with E-state index in [1.807, 2.05) is 36.4 Å². The largest absolute Gasteiger partial charge is 0.352 e. The molecule has 0 bridgehead atoms. The van der Waals surface area contributed by atoms with Crippen LogP contribution >= 0.6 is 0 Å². The van der Waals surface area contributed by atoms with Crippen LogP contribution in [0.1, 0.15) is 21.5 Å². The smallest absolute Gasteiger partial charge is 0.251 e. The lowest BCUT2D eigenvalue weighted by Gasteiger charge is -2.14. The summed E-state index contributed by atoms with van der Waals surface area (Å²) >= 11 is 0. The molecule has 3 heteroatoms. The van der Waals surface area contributed by atoms with Gasteiger partial charge in [-0.25, -0.2) is 0 Å². The molecule has 1 N–H and O–H groups in total. The SMILES string of the molecule is CN(C)Cc1ccccc1CCNC(=O)c1ccccc1. The van der Waals surface area contributed by atoms with E-state index in [9.17, 15) is 4.79 Å². The van der Waals surface area contributed by atoms with Crippen molar-refractivity contribution in [3.8, 4) is 0 Å². The van der Waals surface area contributed by atoms with Crippen LogP contribution < -0.4 is 5.32 Å². The molecule has 0 atom stereocenters. The van der Waals surface area contributed by atoms with Crippen LogP contribution in [0.4, 0.5) is 0 Å². The van der Waals surface area contributed by atoms with Crippen molar-refractivity contribution in [1.29, 1.82) is 0 Å². The highest BCUT2D eigenvalue weighted by Crippen LogP contribution is 2.11. The van der Waals surface area contributed by atoms with Gasteiger partial charge in [-0.05, 0) is 43.8 Å². The fourth-order valence-corrected chi connectivity index (χ4v) is 2.30. The number of carbonyl (C=O) groups excluding carboxylic acids is 1. The maximum atomic E-state index is 12.0. The molecule has 0 aliphatic heterocycles. The Bertz CT molecular complexity index is 579. The van der Waals surface area contributed by atoms with E-state index in [1.54, 1.807) is 0 Å². The van der Waals surface area contributed by atoms with Gasteiger partial charge in [-0.15, -0.1) is 0 Å². The van der Waals surface area contributed by atoms with Crippen LogP contribution in [0.15, 0.2) is 54.6 Å². The Labute approximate surface area is 126 Å². The molecule has 21 heavy (non-hydrogen) atoms. The first-order valence-corrected chi connectivity index (χ1v) is 7.21. The highest BCUT2D eigenvalue weighted by atomic mass is 16.1. The molecule has 0 fully saturated rings. The van der Waals surface area contributed by atoms with Crippen molar-refractivity contribution in [2.45, 2.75) is 13.0 Å². The highest BCUT2D eigenvalue weighted by molar-refractivity contribution is 5.94. The van der Waals surface area contributed by atoms with E-state index in [1.165, 1.54) is 11.1 Å². The highest BCUT2D eigenvalue weighted by Gasteiger charge is 2.06. The summed E-state index contributed by atoms with van der Waals surface area (Å²) in [6.07, 6.45) is 0.850. The number of amides is 1. The molecule has 3 nitrogen and oxygen atoms in total. The Hall–Kier alpha value is -2.13. The maximum absolute atomic E-state index is 12.0. The van der Waals surface area contributed by atoms with Crippen molar-refractivity contribution in [3.05, 3.63) is 71.3 Å². The molecule has 0 aromatic heterocycles. The summed E-state index contributed by atoms with van der Waals surface area (Å²) in [6, 6.07) is 17.7. The van der Waals surface area contributed by atoms with E-state index < -0.39 is 0 Å². The third-order valence-electron chi connectivity index (χ3n) is 3.32. The zero-order valence-electron chi connectivity index (χ0n) is 12.7. The van der Waals surface area contributed by atoms with Crippen molar-refractivity contribution in [2.75, 3.05) is 20.6 Å². The number of hydrogen-bond acceptors (Lipinski definition) is 2. The standard InChI is InChI=1S/C18H22N2O/c1-20(2)14-17-11-7-6-8-15(17)12-13-19-18(21)16-9-4-3-5-10-16/h3-11H,12-14H2,1-2H3,(H,19,21). The zero-order chi connectivity index (χ0) is 15.1. The molecular formula is C18H22N2O. The van der Waals surface area contributed by atoms with Crippen molar-refractivity contribution in [3.63, 3.8) is 0 Å². The van der Waals surface area contributed by atoms with Gasteiger partial charge in [-0.2, -0.15) is 0 Å². The van der Waals surface area contributed by atoms with Crippen LogP contribution in [-0.2, 0) is 13.0 Å². The second kappa shape index (κ2) is 7.60. The predicted octanol–water partition coefficient (Wildman–Crippen LogP) is 2.72. The van der Waals surface area contributed by atoms with Gasteiger partial charge in [0, 0.05) is 18.7 Å². The Morgan fingerprint density at radius 2 is 1.57 bits per heavy atom. The van der Waals surface area contributed by atoms with Gasteiger partial charge in [-0.3, -0.25) is 4.79 Å². The first-order chi connectivity index (χ1) is 10.2. The van der Waals surface area contributed by atoms with E-state index in [0.29, 0.717) is 12.1 Å². The lowest BCUT2D eigenvalue weighted by molar-refractivity contribution is 0.0954. The third-order valence-corrected chi connectivity index (χ3v) is 3.32. The molecule has 0 unspecified atom stereocenters. The average molecular weight is 282 g/mol. The van der Waals surface area contributed by atoms with Gasteiger partial charge < -0.3 is 10.2 Å². The molecule has 0 saturated heterocycles. The molecule has 0 aliphatic carbocycles. The molecule has 0 saturated carbocycles. The van der Waals surface area contributed by atoms with Crippen molar-refractivity contribution < 1.29 is 4.79 Å². The molecule has 2 rings (SSSR count). The molecule has 2 aromatic carbocycles. The van der Waals surface area contributed by atoms with Crippen LogP contribution in [0.3, 0.4) is 0 Å². The summed E-state index contributed by atoms with van der Waals surface area (Å²) < 4.78 is 0. The van der Waals surface area contributed by atoms with Crippen LogP contribution in [0.2, 0.25) is 0 Å². The maximum Gasteiger partial charge on any atom is 0.251 e. The molecule has 0 radical (unpaired) electrons. The topological polar surface area (TPSA) is 32.3 Å². The summed E-state index contributed by atoms with van der Waals surface area (Å²) in [7, 11) is 4.13. The molecule has 110 valence electrons. The van der Waals surface area contributed by atoms with Gasteiger partial charge in [0.2, 0.25) is 0 Å². The Morgan fingerprint density at radius 3 is 2.24 bits per heavy atom. The zero-order valence-corrected chi connectivity index (χ0v) is 12.7. The number of hydrogen-bond donors (Lipinski definition) is 1. The van der Waals surface area contributed by atoms with Gasteiger partial charge in [0.15, 0.2) is 0 Å². The van der Waals surface area contributed by atoms with Crippen LogP contribution in [-0.4, -0.2) is 31.4 Å². The van der Waals surface area contributed by atoms with Crippen molar-refractivity contribution in [1.82, 2.24) is 10.2 Å². The average Bonchev–Trinajstić information content (AvgIpc) is 2.49. The summed E-state index contributed by atoms with van der Waals surface area (Å²) in [5.74, 6) is -0.0132. The molecule has 2 aromatic rings. The summed E-state index contributed by atoms with van der Waals surface area (Å²) in [5.41, 5.74) is 3.31. The minimum Gasteiger partial charge on any atom is -0.352 e. The van der Waals surface area contributed by atoms with Crippen LogP contribution in [0.25, 0.3) is 0 Å². The second-order valence-electron chi connectivity index (χ2n) is 5.38. The monoisotopic (exact) mass is 282 g/mol. The van der Waals surface area contributed by atoms with Gasteiger partial charge in [0.25, 0.3) is 5.91 Å². The number of benzene rings is 2. The summed E-state index contributed by atoms with van der Waals surface area (Å²) in [4.78, 5) is 14.1. The summed E-state index contributed by atoms with van der Waals surface area (Å²) in [6.45, 7) is 1.57. The fourth-order valence-electron chi connectivity index (χ4n) is 2.30. The molecule has 0 heterocycles. The molecular weight excluding hydrogens is 260 g/mol. The number of carbonyl (C=O) groups is 1. The summed E-state index contributed by atoms with van der Waals surface area (Å²) in [5, 5.41) is 2.98. The van der Waals surface area contributed by atoms with Crippen LogP contribution in [0.5, 0.6) is 0 Å². The fraction of sp³-hybridized carbons (Fsp3) is 0.278. The first-order valence-electron chi connectivity index (χ1n) is 7.21. The molecule has 0 aliphatic rings. The van der Waals surface area contributed by atoms with E-state index in [-0.39, 0.29) is 5.91 Å². The van der Waals surface area contributed by atoms with Crippen molar-refractivity contribution >= 4 is 5.91 Å². The predicted molar refractivity (Wildman–Crippen MR) is 86.3 cm³/mol. The Kier molecular flexibility index (Phi) is 5.52. The third kappa shape index (κ3) is 4.72. The Morgan fingerprint density at radius 1 is 0.952 bits per heavy atom. The molecule has 1 amide bonds. The van der Waals surface area contributed by atoms with E-state index >= 15 is 0 Å². The molecule has 0 spiro atoms. The minimum absolute atomic E-state index is 0.0132. The van der Waals surface area contributed by atoms with E-state index in [2.05, 4.69) is 42.5 Å². The first kappa shape index (κ1) is 15.3. The normalized spacial score (nSPS) is 10.6. The number of rotatable bonds is 6. The number of nitrogens with one attached hydrogen (secondary N) is 1. The second-order valence-corrected chi connectivity index (χ2v) is 5.38. The van der Waals surface area contributed by atoms with Gasteiger partial charge in [0.1, 0.15) is 0 Å². The van der Waals surface area contributed by atoms with Crippen LogP contribution in [0, 0.1) is 0 Å². The number of nitrogens with zero attached hydrogens (tertiary/aromatic N) is 1. The van der Waals surface area contributed by atoms with Crippen molar-refractivity contribution in [2.24, 2.45) is 0 Å². The minimum atomic E-state index is -0.0132. The van der Waals surface area contributed by atoms with Gasteiger partial charge in [-0.1, -0.05) is 42.5 Å². The lowest BCUT2D eigenvalue weighted by atomic mass is 10.0. The van der Waals surface area contributed by atoms with E-state index in [0.717, 1.165) is 13.0 Å². The lowest BCUT2D eigenvalue weighted by Crippen LogP contribution is -2.26. The Balaban J connectivity index is 1.90. The van der Waals surface area contributed by atoms with E-state index in [4.69, 9.17) is 0 Å². The quantitative estimate of drug-likeness (QED) is 0.883. The van der Waals surface area contributed by atoms with Gasteiger partial charge in [0.05, 0.1) is 0 Å².